The highest BCUT2D eigenvalue weighted by Crippen LogP contribution is 2.30. The zero-order valence-electron chi connectivity index (χ0n) is 14.1. The van der Waals surface area contributed by atoms with Gasteiger partial charge in [0.2, 0.25) is 9.70 Å². The predicted molar refractivity (Wildman–Crippen MR) is 117 cm³/mol. The largest absolute Gasteiger partial charge is 0.339 e. The van der Waals surface area contributed by atoms with E-state index in [1.807, 2.05) is 0 Å². The molecule has 0 aliphatic rings. The van der Waals surface area contributed by atoms with Crippen LogP contribution in [0.15, 0.2) is 18.2 Å². The molecular weight excluding hydrogens is 460 g/mol. The second-order valence-electron chi connectivity index (χ2n) is 5.58. The Labute approximate surface area is 184 Å². The van der Waals surface area contributed by atoms with Crippen LogP contribution in [-0.2, 0) is 4.79 Å². The van der Waals surface area contributed by atoms with Crippen molar-refractivity contribution in [3.8, 4) is 0 Å². The van der Waals surface area contributed by atoms with Gasteiger partial charge in [-0.1, -0.05) is 84.2 Å². The summed E-state index contributed by atoms with van der Waals surface area (Å²) >= 11 is 35.0. The number of thiocarbonyl (C=S) groups is 1. The van der Waals surface area contributed by atoms with E-state index in [4.69, 9.17) is 70.2 Å². The van der Waals surface area contributed by atoms with Gasteiger partial charge in [-0.3, -0.25) is 4.79 Å². The standard InChI is InChI=1S/C16H20Cl5N3OS/c1-2-3-4-5-6-13(25)23-14(16(19,20)21)24-15(26)22-12-8-7-10(17)9-11(12)18/h7-9,14H,2-6H2,1H3,(H,23,25)(H2,22,24,26)/t14-/m1/s1. The Morgan fingerprint density at radius 3 is 2.42 bits per heavy atom. The Hall–Kier alpha value is -0.170. The number of alkyl halides is 3. The predicted octanol–water partition coefficient (Wildman–Crippen LogP) is 6.06. The van der Waals surface area contributed by atoms with E-state index >= 15 is 0 Å². The molecule has 0 aliphatic carbocycles. The molecule has 0 saturated heterocycles. The molecule has 0 radical (unpaired) electrons. The Bertz CT molecular complexity index is 624. The summed E-state index contributed by atoms with van der Waals surface area (Å²) < 4.78 is -1.80. The zero-order chi connectivity index (χ0) is 19.7. The summed E-state index contributed by atoms with van der Waals surface area (Å²) in [5.41, 5.74) is 0.530. The van der Waals surface area contributed by atoms with Crippen molar-refractivity contribution in [2.24, 2.45) is 0 Å². The molecule has 146 valence electrons. The average Bonchev–Trinajstić information content (AvgIpc) is 2.53. The van der Waals surface area contributed by atoms with E-state index in [0.717, 1.165) is 25.7 Å². The second kappa shape index (κ2) is 11.6. The van der Waals surface area contributed by atoms with Crippen LogP contribution in [0.2, 0.25) is 10.0 Å². The number of amides is 1. The zero-order valence-corrected chi connectivity index (χ0v) is 18.6. The van der Waals surface area contributed by atoms with Crippen molar-refractivity contribution in [2.45, 2.75) is 49.0 Å². The highest BCUT2D eigenvalue weighted by atomic mass is 35.6. The molecule has 0 bridgehead atoms. The minimum atomic E-state index is -1.80. The maximum atomic E-state index is 12.1. The van der Waals surface area contributed by atoms with Gasteiger partial charge in [-0.25, -0.2) is 0 Å². The fraction of sp³-hybridized carbons (Fsp3) is 0.500. The highest BCUT2D eigenvalue weighted by molar-refractivity contribution is 7.80. The van der Waals surface area contributed by atoms with Crippen molar-refractivity contribution in [2.75, 3.05) is 5.32 Å². The normalized spacial score (nSPS) is 12.4. The Balaban J connectivity index is 2.63. The summed E-state index contributed by atoms with van der Waals surface area (Å²) in [5, 5.41) is 9.32. The first-order valence-corrected chi connectivity index (χ1v) is 10.3. The third-order valence-corrected chi connectivity index (χ3v) is 4.77. The van der Waals surface area contributed by atoms with Crippen LogP contribution in [0.1, 0.15) is 39.0 Å². The number of rotatable bonds is 8. The van der Waals surface area contributed by atoms with E-state index in [1.165, 1.54) is 0 Å². The summed E-state index contributed by atoms with van der Waals surface area (Å²) in [6, 6.07) is 4.89. The van der Waals surface area contributed by atoms with Crippen LogP contribution in [0.5, 0.6) is 0 Å². The van der Waals surface area contributed by atoms with E-state index < -0.39 is 9.96 Å². The number of hydrogen-bond acceptors (Lipinski definition) is 2. The minimum Gasteiger partial charge on any atom is -0.339 e. The molecule has 3 N–H and O–H groups in total. The Morgan fingerprint density at radius 1 is 1.15 bits per heavy atom. The Kier molecular flexibility index (Phi) is 10.7. The smallest absolute Gasteiger partial charge is 0.228 e. The lowest BCUT2D eigenvalue weighted by atomic mass is 10.1. The van der Waals surface area contributed by atoms with Crippen molar-refractivity contribution in [3.05, 3.63) is 28.2 Å². The van der Waals surface area contributed by atoms with Crippen LogP contribution >= 0.6 is 70.2 Å². The van der Waals surface area contributed by atoms with E-state index in [9.17, 15) is 4.79 Å². The first-order valence-electron chi connectivity index (χ1n) is 8.02. The number of unbranched alkanes of at least 4 members (excludes halogenated alkanes) is 3. The van der Waals surface area contributed by atoms with E-state index in [-0.39, 0.29) is 11.0 Å². The van der Waals surface area contributed by atoms with E-state index in [2.05, 4.69) is 22.9 Å². The van der Waals surface area contributed by atoms with Crippen LogP contribution in [0, 0.1) is 0 Å². The fourth-order valence-corrected chi connectivity index (χ4v) is 3.04. The highest BCUT2D eigenvalue weighted by Gasteiger charge is 2.34. The number of benzene rings is 1. The van der Waals surface area contributed by atoms with Gasteiger partial charge in [0.05, 0.1) is 10.7 Å². The van der Waals surface area contributed by atoms with Gasteiger partial charge < -0.3 is 16.0 Å². The van der Waals surface area contributed by atoms with E-state index in [1.54, 1.807) is 18.2 Å². The molecule has 0 heterocycles. The molecule has 1 amide bonds. The topological polar surface area (TPSA) is 53.2 Å². The molecular formula is C16H20Cl5N3OS. The summed E-state index contributed by atoms with van der Waals surface area (Å²) in [7, 11) is 0. The van der Waals surface area contributed by atoms with Crippen molar-refractivity contribution >= 4 is 86.9 Å². The number of halogens is 5. The molecule has 26 heavy (non-hydrogen) atoms. The van der Waals surface area contributed by atoms with Crippen LogP contribution in [0.3, 0.4) is 0 Å². The van der Waals surface area contributed by atoms with Crippen LogP contribution < -0.4 is 16.0 Å². The Morgan fingerprint density at radius 2 is 1.85 bits per heavy atom. The summed E-state index contributed by atoms with van der Waals surface area (Å²) in [5.74, 6) is -0.225. The van der Waals surface area contributed by atoms with Crippen LogP contribution in [0.25, 0.3) is 0 Å². The first-order chi connectivity index (χ1) is 12.1. The molecule has 0 fully saturated rings. The summed E-state index contributed by atoms with van der Waals surface area (Å²) in [6.07, 6.45) is 3.27. The summed E-state index contributed by atoms with van der Waals surface area (Å²) in [4.78, 5) is 12.1. The maximum Gasteiger partial charge on any atom is 0.228 e. The van der Waals surface area contributed by atoms with Gasteiger partial charge in [-0.2, -0.15) is 0 Å². The quantitative estimate of drug-likeness (QED) is 0.184. The number of carbonyl (C=O) groups excluding carboxylic acids is 1. The number of anilines is 1. The molecule has 10 heteroatoms. The lowest BCUT2D eigenvalue weighted by molar-refractivity contribution is -0.122. The third kappa shape index (κ3) is 9.16. The lowest BCUT2D eigenvalue weighted by Crippen LogP contribution is -2.56. The molecule has 0 saturated carbocycles. The number of hydrogen-bond donors (Lipinski definition) is 3. The van der Waals surface area contributed by atoms with Gasteiger partial charge >= 0.3 is 0 Å². The maximum absolute atomic E-state index is 12.1. The van der Waals surface area contributed by atoms with Crippen molar-refractivity contribution < 1.29 is 4.79 Å². The van der Waals surface area contributed by atoms with Crippen LogP contribution in [0.4, 0.5) is 5.69 Å². The molecule has 0 aromatic heterocycles. The first kappa shape index (κ1) is 23.9. The molecule has 0 aliphatic heterocycles. The van der Waals surface area contributed by atoms with Gasteiger partial charge in [-0.05, 0) is 36.8 Å². The molecule has 0 spiro atoms. The molecule has 1 rings (SSSR count). The molecule has 1 atom stereocenters. The molecule has 4 nitrogen and oxygen atoms in total. The minimum absolute atomic E-state index is 0.136. The average molecular weight is 480 g/mol. The molecule has 1 aromatic carbocycles. The number of carbonyl (C=O) groups is 1. The van der Waals surface area contributed by atoms with Gasteiger partial charge in [0, 0.05) is 11.4 Å². The van der Waals surface area contributed by atoms with Gasteiger partial charge in [0.1, 0.15) is 6.17 Å². The van der Waals surface area contributed by atoms with Gasteiger partial charge in [0.15, 0.2) is 5.11 Å². The SMILES string of the molecule is CCCCCCC(=O)N[C@H](NC(=S)Nc1ccc(Cl)cc1Cl)C(Cl)(Cl)Cl. The van der Waals surface area contributed by atoms with Crippen molar-refractivity contribution in [3.63, 3.8) is 0 Å². The second-order valence-corrected chi connectivity index (χ2v) is 9.20. The number of nitrogens with one attached hydrogen (secondary N) is 3. The molecule has 0 unspecified atom stereocenters. The summed E-state index contributed by atoms with van der Waals surface area (Å²) in [6.45, 7) is 2.10. The van der Waals surface area contributed by atoms with Crippen LogP contribution in [-0.4, -0.2) is 21.0 Å². The molecule has 1 aromatic rings. The van der Waals surface area contributed by atoms with Gasteiger partial charge in [-0.15, -0.1) is 0 Å². The van der Waals surface area contributed by atoms with E-state index in [0.29, 0.717) is 22.2 Å². The van der Waals surface area contributed by atoms with Crippen molar-refractivity contribution in [1.82, 2.24) is 10.6 Å². The van der Waals surface area contributed by atoms with Gasteiger partial charge in [0.25, 0.3) is 0 Å². The lowest BCUT2D eigenvalue weighted by Gasteiger charge is -2.28. The monoisotopic (exact) mass is 477 g/mol. The fourth-order valence-electron chi connectivity index (χ4n) is 2.03. The van der Waals surface area contributed by atoms with Crippen molar-refractivity contribution in [1.29, 1.82) is 0 Å². The third-order valence-electron chi connectivity index (χ3n) is 3.34.